The van der Waals surface area contributed by atoms with Gasteiger partial charge in [-0.1, -0.05) is 30.3 Å². The largest absolute Gasteiger partial charge is 0.335 e. The van der Waals surface area contributed by atoms with Crippen molar-refractivity contribution < 1.29 is 4.79 Å². The number of amides is 2. The Morgan fingerprint density at radius 2 is 1.85 bits per heavy atom. The van der Waals surface area contributed by atoms with Gasteiger partial charge in [0.25, 0.3) is 0 Å². The van der Waals surface area contributed by atoms with E-state index in [1.54, 1.807) is 25.2 Å². The first kappa shape index (κ1) is 17.3. The minimum absolute atomic E-state index is 0.0221. The van der Waals surface area contributed by atoms with Crippen molar-refractivity contribution in [2.75, 3.05) is 13.1 Å². The second kappa shape index (κ2) is 8.03. The van der Waals surface area contributed by atoms with Gasteiger partial charge in [0.1, 0.15) is 12.7 Å². The molecule has 3 aromatic rings. The zero-order valence-corrected chi connectivity index (χ0v) is 15.1. The van der Waals surface area contributed by atoms with Crippen LogP contribution >= 0.6 is 0 Å². The molecule has 2 aromatic heterocycles. The highest BCUT2D eigenvalue weighted by Gasteiger charge is 2.25. The number of imidazole rings is 1. The molecule has 0 bridgehead atoms. The Hall–Kier alpha value is -3.16. The molecule has 3 heterocycles. The van der Waals surface area contributed by atoms with Gasteiger partial charge in [-0.25, -0.2) is 9.78 Å². The lowest BCUT2D eigenvalue weighted by Crippen LogP contribution is -2.46. The lowest BCUT2D eigenvalue weighted by atomic mass is 10.0. The molecule has 140 valence electrons. The number of piperidine rings is 1. The molecule has 0 aliphatic carbocycles. The Bertz CT molecular complexity index is 824. The molecule has 8 nitrogen and oxygen atoms in total. The van der Waals surface area contributed by atoms with Crippen molar-refractivity contribution in [3.63, 3.8) is 0 Å². The summed E-state index contributed by atoms with van der Waals surface area (Å²) in [6.07, 6.45) is 10.7. The SMILES string of the molecule is O=C(N[C@@H](Cn1ccnc1)c1ccccc1)N1CCC(n2cnnc2)CC1. The number of hydrogen-bond acceptors (Lipinski definition) is 4. The Morgan fingerprint density at radius 1 is 1.11 bits per heavy atom. The number of carbonyl (C=O) groups excluding carboxylic acids is 1. The van der Waals surface area contributed by atoms with Gasteiger partial charge in [0, 0.05) is 38.1 Å². The predicted octanol–water partition coefficient (Wildman–Crippen LogP) is 2.26. The van der Waals surface area contributed by atoms with Gasteiger partial charge in [-0.2, -0.15) is 0 Å². The molecule has 2 amide bonds. The topological polar surface area (TPSA) is 80.9 Å². The van der Waals surface area contributed by atoms with Crippen LogP contribution in [0.1, 0.15) is 30.5 Å². The molecule has 0 unspecified atom stereocenters. The maximum Gasteiger partial charge on any atom is 0.317 e. The van der Waals surface area contributed by atoms with E-state index in [1.807, 2.05) is 50.6 Å². The number of rotatable bonds is 5. The molecule has 1 aliphatic rings. The Balaban J connectivity index is 1.39. The fourth-order valence-corrected chi connectivity index (χ4v) is 3.53. The summed E-state index contributed by atoms with van der Waals surface area (Å²) in [7, 11) is 0. The number of nitrogens with one attached hydrogen (secondary N) is 1. The third-order valence-corrected chi connectivity index (χ3v) is 5.06. The van der Waals surface area contributed by atoms with E-state index in [-0.39, 0.29) is 12.1 Å². The van der Waals surface area contributed by atoms with Crippen LogP contribution in [0, 0.1) is 0 Å². The van der Waals surface area contributed by atoms with E-state index in [0.29, 0.717) is 12.6 Å². The van der Waals surface area contributed by atoms with Crippen LogP contribution in [0.2, 0.25) is 0 Å². The van der Waals surface area contributed by atoms with Crippen LogP contribution in [0.15, 0.2) is 61.7 Å². The van der Waals surface area contributed by atoms with Gasteiger partial charge in [-0.15, -0.1) is 10.2 Å². The number of benzene rings is 1. The van der Waals surface area contributed by atoms with E-state index in [0.717, 1.165) is 31.5 Å². The molecule has 1 aliphatic heterocycles. The summed E-state index contributed by atoms with van der Waals surface area (Å²) in [4.78, 5) is 18.9. The summed E-state index contributed by atoms with van der Waals surface area (Å²) in [5.41, 5.74) is 1.08. The molecule has 1 atom stereocenters. The van der Waals surface area contributed by atoms with E-state index < -0.39 is 0 Å². The van der Waals surface area contributed by atoms with Crippen molar-refractivity contribution in [3.05, 3.63) is 67.3 Å². The van der Waals surface area contributed by atoms with Gasteiger partial charge < -0.3 is 19.4 Å². The summed E-state index contributed by atoms with van der Waals surface area (Å²) in [5.74, 6) is 0. The number of hydrogen-bond donors (Lipinski definition) is 1. The molecule has 0 saturated carbocycles. The number of carbonyl (C=O) groups is 1. The molecule has 1 N–H and O–H groups in total. The maximum absolute atomic E-state index is 12.9. The quantitative estimate of drug-likeness (QED) is 0.752. The van der Waals surface area contributed by atoms with Crippen molar-refractivity contribution in [1.29, 1.82) is 0 Å². The number of urea groups is 1. The van der Waals surface area contributed by atoms with E-state index in [9.17, 15) is 4.79 Å². The highest BCUT2D eigenvalue weighted by molar-refractivity contribution is 5.74. The summed E-state index contributed by atoms with van der Waals surface area (Å²) < 4.78 is 4.01. The third-order valence-electron chi connectivity index (χ3n) is 5.06. The second-order valence-corrected chi connectivity index (χ2v) is 6.80. The Labute approximate surface area is 157 Å². The minimum atomic E-state index is -0.108. The smallest absolute Gasteiger partial charge is 0.317 e. The van der Waals surface area contributed by atoms with Crippen molar-refractivity contribution >= 4 is 6.03 Å². The molecule has 4 rings (SSSR count). The van der Waals surface area contributed by atoms with E-state index in [2.05, 4.69) is 20.5 Å². The second-order valence-electron chi connectivity index (χ2n) is 6.80. The van der Waals surface area contributed by atoms with E-state index in [4.69, 9.17) is 0 Å². The summed E-state index contributed by atoms with van der Waals surface area (Å²) in [6, 6.07) is 10.3. The molecule has 0 radical (unpaired) electrons. The van der Waals surface area contributed by atoms with Crippen molar-refractivity contribution in [3.8, 4) is 0 Å². The van der Waals surface area contributed by atoms with Crippen molar-refractivity contribution in [2.24, 2.45) is 0 Å². The molecule has 1 saturated heterocycles. The molecule has 8 heteroatoms. The van der Waals surface area contributed by atoms with Gasteiger partial charge in [0.15, 0.2) is 0 Å². The van der Waals surface area contributed by atoms with E-state index in [1.165, 1.54) is 0 Å². The Kier molecular flexibility index (Phi) is 5.13. The van der Waals surface area contributed by atoms with Crippen LogP contribution in [0.3, 0.4) is 0 Å². The molecule has 1 aromatic carbocycles. The third kappa shape index (κ3) is 4.16. The maximum atomic E-state index is 12.9. The average molecular weight is 365 g/mol. The number of aromatic nitrogens is 5. The molecule has 0 spiro atoms. The van der Waals surface area contributed by atoms with Crippen LogP contribution in [0.4, 0.5) is 4.79 Å². The normalized spacial score (nSPS) is 16.2. The Morgan fingerprint density at radius 3 is 2.52 bits per heavy atom. The molecule has 27 heavy (non-hydrogen) atoms. The van der Waals surface area contributed by atoms with Gasteiger partial charge >= 0.3 is 6.03 Å². The molecular formula is C19H23N7O. The number of nitrogens with zero attached hydrogens (tertiary/aromatic N) is 6. The lowest BCUT2D eigenvalue weighted by molar-refractivity contribution is 0.167. The van der Waals surface area contributed by atoms with Crippen LogP contribution in [-0.4, -0.2) is 48.3 Å². The zero-order valence-electron chi connectivity index (χ0n) is 15.1. The van der Waals surface area contributed by atoms with Crippen LogP contribution < -0.4 is 5.32 Å². The first-order valence-electron chi connectivity index (χ1n) is 9.20. The minimum Gasteiger partial charge on any atom is -0.335 e. The predicted molar refractivity (Wildman–Crippen MR) is 99.8 cm³/mol. The summed E-state index contributed by atoms with van der Waals surface area (Å²) in [5, 5.41) is 10.9. The van der Waals surface area contributed by atoms with Crippen LogP contribution in [0.5, 0.6) is 0 Å². The summed E-state index contributed by atoms with van der Waals surface area (Å²) in [6.45, 7) is 2.09. The fraction of sp³-hybridized carbons (Fsp3) is 0.368. The fourth-order valence-electron chi connectivity index (χ4n) is 3.53. The first-order valence-corrected chi connectivity index (χ1v) is 9.20. The first-order chi connectivity index (χ1) is 13.3. The van der Waals surface area contributed by atoms with Gasteiger partial charge in [-0.3, -0.25) is 0 Å². The highest BCUT2D eigenvalue weighted by atomic mass is 16.2. The van der Waals surface area contributed by atoms with Crippen LogP contribution in [-0.2, 0) is 6.54 Å². The van der Waals surface area contributed by atoms with E-state index >= 15 is 0 Å². The highest BCUT2D eigenvalue weighted by Crippen LogP contribution is 2.22. The number of likely N-dealkylation sites (tertiary alicyclic amines) is 1. The average Bonchev–Trinajstić information content (AvgIpc) is 3.42. The molecular weight excluding hydrogens is 342 g/mol. The van der Waals surface area contributed by atoms with Gasteiger partial charge in [0.2, 0.25) is 0 Å². The summed E-state index contributed by atoms with van der Waals surface area (Å²) >= 11 is 0. The van der Waals surface area contributed by atoms with Crippen molar-refractivity contribution in [1.82, 2.24) is 34.5 Å². The van der Waals surface area contributed by atoms with Gasteiger partial charge in [-0.05, 0) is 18.4 Å². The zero-order chi connectivity index (χ0) is 18.5. The van der Waals surface area contributed by atoms with Crippen LogP contribution in [0.25, 0.3) is 0 Å². The van der Waals surface area contributed by atoms with Crippen molar-refractivity contribution in [2.45, 2.75) is 31.5 Å². The lowest BCUT2D eigenvalue weighted by Gasteiger charge is -2.33. The monoisotopic (exact) mass is 365 g/mol. The standard InChI is InChI=1S/C19H23N7O/c27-19(25-9-6-17(7-10-25)26-14-21-22-15-26)23-18(12-24-11-8-20-13-24)16-4-2-1-3-5-16/h1-5,8,11,13-15,17-18H,6-7,9-10,12H2,(H,23,27)/t18-/m0/s1. The van der Waals surface area contributed by atoms with Gasteiger partial charge in [0.05, 0.1) is 12.4 Å². The molecule has 1 fully saturated rings.